The molecule has 0 saturated carbocycles. The van der Waals surface area contributed by atoms with Crippen molar-refractivity contribution in [2.75, 3.05) is 0 Å². The lowest BCUT2D eigenvalue weighted by Gasteiger charge is -2.05. The van der Waals surface area contributed by atoms with Crippen LogP contribution in [0.2, 0.25) is 0 Å². The lowest BCUT2D eigenvalue weighted by atomic mass is 10.0. The summed E-state index contributed by atoms with van der Waals surface area (Å²) in [5.41, 5.74) is 0. The van der Waals surface area contributed by atoms with Crippen LogP contribution < -0.4 is 5.76 Å². The molecule has 0 radical (unpaired) electrons. The average Bonchev–Trinajstić information content (AvgIpc) is 2.58. The van der Waals surface area contributed by atoms with Crippen LogP contribution in [0.4, 0.5) is 0 Å². The van der Waals surface area contributed by atoms with E-state index in [-0.39, 0.29) is 0 Å². The molecule has 14 heavy (non-hydrogen) atoms. The van der Waals surface area contributed by atoms with Gasteiger partial charge in [-0.25, -0.2) is 4.79 Å². The summed E-state index contributed by atoms with van der Waals surface area (Å²) in [5, 5.41) is 3.08. The highest BCUT2D eigenvalue weighted by atomic mass is 16.5. The maximum Gasteiger partial charge on any atom is 0.438 e. The Balaban J connectivity index is 0.000000249. The van der Waals surface area contributed by atoms with Crippen LogP contribution in [-0.4, -0.2) is 10.1 Å². The van der Waals surface area contributed by atoms with Crippen LogP contribution in [0.3, 0.4) is 0 Å². The van der Waals surface area contributed by atoms with Crippen LogP contribution in [-0.2, 0) is 0 Å². The van der Waals surface area contributed by atoms with E-state index >= 15 is 0 Å². The summed E-state index contributed by atoms with van der Waals surface area (Å²) in [6.45, 7) is 6.85. The fourth-order valence-electron chi connectivity index (χ4n) is 1.31. The van der Waals surface area contributed by atoms with E-state index in [1.807, 2.05) is 0 Å². The van der Waals surface area contributed by atoms with Gasteiger partial charge in [0, 0.05) is 0 Å². The van der Waals surface area contributed by atoms with Crippen molar-refractivity contribution in [1.29, 1.82) is 0 Å². The van der Waals surface area contributed by atoms with Crippen LogP contribution >= 0.6 is 0 Å². The standard InChI is InChI=1S/C8H18.C2H2N2O2/c1-4-6-8(3)7-5-2;5-2-3-1-4-6-2/h8H,4-7H2,1-3H3;1H,(H,3,4,5). The topological polar surface area (TPSA) is 58.9 Å². The van der Waals surface area contributed by atoms with Gasteiger partial charge in [-0.3, -0.25) is 9.51 Å². The second kappa shape index (κ2) is 8.53. The van der Waals surface area contributed by atoms with Crippen LogP contribution in [0.25, 0.3) is 0 Å². The van der Waals surface area contributed by atoms with E-state index in [2.05, 4.69) is 35.4 Å². The zero-order chi connectivity index (χ0) is 10.8. The first-order valence-electron chi connectivity index (χ1n) is 5.20. The first-order valence-corrected chi connectivity index (χ1v) is 5.20. The van der Waals surface area contributed by atoms with Gasteiger partial charge in [0.15, 0.2) is 0 Å². The normalized spacial score (nSPS) is 9.71. The predicted octanol–water partition coefficient (Wildman–Crippen LogP) is 2.59. The first kappa shape index (κ1) is 12.9. The molecular weight excluding hydrogens is 180 g/mol. The Bertz CT molecular complexity index is 232. The molecule has 0 aromatic carbocycles. The molecule has 4 nitrogen and oxygen atoms in total. The van der Waals surface area contributed by atoms with Gasteiger partial charge in [-0.2, -0.15) is 0 Å². The van der Waals surface area contributed by atoms with E-state index in [4.69, 9.17) is 0 Å². The molecule has 0 spiro atoms. The van der Waals surface area contributed by atoms with Crippen LogP contribution in [0.15, 0.2) is 15.6 Å². The number of hydrogen-bond donors (Lipinski definition) is 1. The Morgan fingerprint density at radius 1 is 1.43 bits per heavy atom. The molecule has 0 atom stereocenters. The van der Waals surface area contributed by atoms with Gasteiger partial charge in [0.2, 0.25) is 0 Å². The van der Waals surface area contributed by atoms with Crippen molar-refractivity contribution in [1.82, 2.24) is 10.1 Å². The number of aromatic nitrogens is 2. The first-order chi connectivity index (χ1) is 6.70. The zero-order valence-electron chi connectivity index (χ0n) is 9.25. The third-order valence-corrected chi connectivity index (χ3v) is 1.93. The van der Waals surface area contributed by atoms with Gasteiger partial charge in [-0.15, -0.1) is 0 Å². The van der Waals surface area contributed by atoms with E-state index in [1.54, 1.807) is 0 Å². The lowest BCUT2D eigenvalue weighted by molar-refractivity contribution is 0.386. The molecule has 82 valence electrons. The number of aromatic amines is 1. The molecule has 0 amide bonds. The smallest absolute Gasteiger partial charge is 0.296 e. The van der Waals surface area contributed by atoms with E-state index in [1.165, 1.54) is 32.0 Å². The molecule has 0 aliphatic rings. The molecule has 0 aliphatic heterocycles. The fourth-order valence-corrected chi connectivity index (χ4v) is 1.31. The van der Waals surface area contributed by atoms with Crippen molar-refractivity contribution in [2.24, 2.45) is 5.92 Å². The Morgan fingerprint density at radius 2 is 2.00 bits per heavy atom. The number of hydrogen-bond acceptors (Lipinski definition) is 3. The van der Waals surface area contributed by atoms with Crippen LogP contribution in [0, 0.1) is 5.92 Å². The predicted molar refractivity (Wildman–Crippen MR) is 56.1 cm³/mol. The number of rotatable bonds is 4. The maximum atomic E-state index is 9.78. The van der Waals surface area contributed by atoms with E-state index in [0.717, 1.165) is 5.92 Å². The maximum absolute atomic E-state index is 9.78. The third-order valence-electron chi connectivity index (χ3n) is 1.93. The Hall–Kier alpha value is -1.06. The molecule has 1 heterocycles. The molecule has 0 unspecified atom stereocenters. The molecule has 1 aromatic rings. The Morgan fingerprint density at radius 3 is 2.21 bits per heavy atom. The van der Waals surface area contributed by atoms with Crippen molar-refractivity contribution in [3.8, 4) is 0 Å². The van der Waals surface area contributed by atoms with Crippen molar-refractivity contribution >= 4 is 0 Å². The van der Waals surface area contributed by atoms with E-state index < -0.39 is 5.76 Å². The summed E-state index contributed by atoms with van der Waals surface area (Å²) in [6.07, 6.45) is 6.70. The molecule has 1 aromatic heterocycles. The molecule has 0 fully saturated rings. The van der Waals surface area contributed by atoms with Crippen molar-refractivity contribution < 1.29 is 4.52 Å². The van der Waals surface area contributed by atoms with Gasteiger partial charge in [-0.05, 0) is 5.92 Å². The monoisotopic (exact) mass is 200 g/mol. The summed E-state index contributed by atoms with van der Waals surface area (Å²) >= 11 is 0. The lowest BCUT2D eigenvalue weighted by Crippen LogP contribution is -1.92. The molecule has 0 bridgehead atoms. The highest BCUT2D eigenvalue weighted by Gasteiger charge is 1.95. The third kappa shape index (κ3) is 7.58. The van der Waals surface area contributed by atoms with Crippen molar-refractivity contribution in [3.05, 3.63) is 16.9 Å². The largest absolute Gasteiger partial charge is 0.438 e. The highest BCUT2D eigenvalue weighted by molar-refractivity contribution is 4.48. The Labute approximate surface area is 84.7 Å². The number of nitrogens with zero attached hydrogens (tertiary/aromatic N) is 1. The minimum absolute atomic E-state index is 0.519. The van der Waals surface area contributed by atoms with Crippen molar-refractivity contribution in [2.45, 2.75) is 46.5 Å². The SMILES string of the molecule is CCCC(C)CCC.O=c1[nH]cno1. The molecule has 1 N–H and O–H groups in total. The highest BCUT2D eigenvalue weighted by Crippen LogP contribution is 2.10. The van der Waals surface area contributed by atoms with Gasteiger partial charge in [0.1, 0.15) is 6.33 Å². The summed E-state index contributed by atoms with van der Waals surface area (Å²) < 4.78 is 3.97. The minimum Gasteiger partial charge on any atom is -0.296 e. The molecule has 0 aliphatic carbocycles. The van der Waals surface area contributed by atoms with E-state index in [9.17, 15) is 4.79 Å². The molecule has 0 saturated heterocycles. The molecular formula is C10H20N2O2. The quantitative estimate of drug-likeness (QED) is 0.812. The summed E-state index contributed by atoms with van der Waals surface area (Å²) in [5.74, 6) is 0.444. The minimum atomic E-state index is -0.519. The van der Waals surface area contributed by atoms with Gasteiger partial charge in [0.25, 0.3) is 0 Å². The number of nitrogens with one attached hydrogen (secondary N) is 1. The Kier molecular flexibility index (Phi) is 7.89. The summed E-state index contributed by atoms with van der Waals surface area (Å²) in [4.78, 5) is 12.0. The second-order valence-corrected chi connectivity index (χ2v) is 3.44. The molecule has 4 heteroatoms. The summed E-state index contributed by atoms with van der Waals surface area (Å²) in [6, 6.07) is 0. The zero-order valence-corrected chi connectivity index (χ0v) is 9.25. The average molecular weight is 200 g/mol. The van der Waals surface area contributed by atoms with Crippen LogP contribution in [0.1, 0.15) is 46.5 Å². The van der Waals surface area contributed by atoms with E-state index in [0.29, 0.717) is 0 Å². The van der Waals surface area contributed by atoms with Gasteiger partial charge in [-0.1, -0.05) is 51.6 Å². The van der Waals surface area contributed by atoms with Gasteiger partial charge < -0.3 is 0 Å². The van der Waals surface area contributed by atoms with Crippen molar-refractivity contribution in [3.63, 3.8) is 0 Å². The molecule has 1 rings (SSSR count). The fraction of sp³-hybridized carbons (Fsp3) is 0.800. The van der Waals surface area contributed by atoms with Gasteiger partial charge in [0.05, 0.1) is 0 Å². The summed E-state index contributed by atoms with van der Waals surface area (Å²) in [7, 11) is 0. The van der Waals surface area contributed by atoms with Crippen LogP contribution in [0.5, 0.6) is 0 Å². The number of H-pyrrole nitrogens is 1. The second-order valence-electron chi connectivity index (χ2n) is 3.44. The van der Waals surface area contributed by atoms with Gasteiger partial charge >= 0.3 is 5.76 Å².